The van der Waals surface area contributed by atoms with Crippen molar-refractivity contribution in [1.82, 2.24) is 0 Å². The van der Waals surface area contributed by atoms with Crippen molar-refractivity contribution in [3.8, 4) is 0 Å². The molecule has 0 spiro atoms. The minimum absolute atomic E-state index is 0.100. The van der Waals surface area contributed by atoms with Crippen LogP contribution in [0, 0.1) is 11.8 Å². The summed E-state index contributed by atoms with van der Waals surface area (Å²) in [5.74, 6) is 0.823. The van der Waals surface area contributed by atoms with Crippen molar-refractivity contribution in [2.75, 3.05) is 13.2 Å². The van der Waals surface area contributed by atoms with Gasteiger partial charge in [0, 0.05) is 42.5 Å². The van der Waals surface area contributed by atoms with Gasteiger partial charge in [-0.15, -0.1) is 5.73 Å². The molecule has 0 saturated carbocycles. The minimum Gasteiger partial charge on any atom is -0.381 e. The Morgan fingerprint density at radius 2 is 1.97 bits per heavy atom. The van der Waals surface area contributed by atoms with Gasteiger partial charge in [-0.25, -0.2) is 0 Å². The molecule has 0 radical (unpaired) electrons. The first-order valence-electron chi connectivity index (χ1n) is 12.4. The van der Waals surface area contributed by atoms with Crippen LogP contribution in [-0.4, -0.2) is 24.7 Å². The quantitative estimate of drug-likeness (QED) is 0.319. The topological polar surface area (TPSA) is 38.7 Å². The van der Waals surface area contributed by atoms with Crippen LogP contribution < -0.4 is 0 Å². The van der Waals surface area contributed by atoms with Gasteiger partial charge < -0.3 is 4.74 Å². The van der Waals surface area contributed by atoms with Gasteiger partial charge in [0.2, 0.25) is 0 Å². The van der Waals surface area contributed by atoms with E-state index < -0.39 is 0 Å². The number of aliphatic imine (C=N–C) groups is 1. The van der Waals surface area contributed by atoms with E-state index in [0.717, 1.165) is 75.7 Å². The maximum Gasteiger partial charge on any atom is 0.166 e. The fourth-order valence-corrected chi connectivity index (χ4v) is 4.77. The van der Waals surface area contributed by atoms with Gasteiger partial charge in [0.1, 0.15) is 0 Å². The van der Waals surface area contributed by atoms with Crippen LogP contribution in [0.5, 0.6) is 0 Å². The average molecular weight is 434 g/mol. The lowest BCUT2D eigenvalue weighted by molar-refractivity contribution is 0.0893. The molecule has 1 saturated heterocycles. The number of carbonyl (C=O) groups is 1. The summed E-state index contributed by atoms with van der Waals surface area (Å²) in [6.07, 6.45) is 8.95. The SMILES string of the molecule is C=C=C(CCC)CC1=C(C)N=C(Cc2ccc(C(=O)C3CCCOCC3)cc2)C(C)CC1. The van der Waals surface area contributed by atoms with Gasteiger partial charge in [-0.2, -0.15) is 0 Å². The van der Waals surface area contributed by atoms with E-state index in [2.05, 4.69) is 45.2 Å². The summed E-state index contributed by atoms with van der Waals surface area (Å²) in [5, 5.41) is 0. The average Bonchev–Trinajstić information content (AvgIpc) is 3.15. The second-order valence-corrected chi connectivity index (χ2v) is 9.42. The van der Waals surface area contributed by atoms with E-state index in [4.69, 9.17) is 9.73 Å². The van der Waals surface area contributed by atoms with Crippen molar-refractivity contribution < 1.29 is 9.53 Å². The third-order valence-corrected chi connectivity index (χ3v) is 6.95. The molecule has 3 rings (SSSR count). The van der Waals surface area contributed by atoms with Crippen molar-refractivity contribution in [2.24, 2.45) is 16.8 Å². The number of rotatable bonds is 8. The number of ketones is 1. The number of carbonyl (C=O) groups excluding carboxylic acids is 1. The fourth-order valence-electron chi connectivity index (χ4n) is 4.77. The lowest BCUT2D eigenvalue weighted by Crippen LogP contribution is -2.16. The number of nitrogens with zero attached hydrogens (tertiary/aromatic N) is 1. The molecule has 172 valence electrons. The highest BCUT2D eigenvalue weighted by atomic mass is 16.5. The third kappa shape index (κ3) is 6.64. The van der Waals surface area contributed by atoms with Gasteiger partial charge in [-0.1, -0.05) is 51.1 Å². The maximum absolute atomic E-state index is 12.9. The zero-order valence-corrected chi connectivity index (χ0v) is 20.2. The Balaban J connectivity index is 1.70. The molecule has 0 aliphatic carbocycles. The Labute approximate surface area is 194 Å². The smallest absolute Gasteiger partial charge is 0.166 e. The summed E-state index contributed by atoms with van der Waals surface area (Å²) in [4.78, 5) is 18.0. The molecule has 0 amide bonds. The van der Waals surface area contributed by atoms with E-state index >= 15 is 0 Å². The standard InChI is InChI=1S/C29H39NO2/c1-5-8-23(6-2)19-27-13-10-21(3)28(30-22(27)4)20-24-11-14-26(15-12-24)29(31)25-9-7-17-32-18-16-25/h11-12,14-15,21,25H,2,5,7-10,13,16-20H2,1,3-4H3. The molecular formula is C29H39NO2. The lowest BCUT2D eigenvalue weighted by Gasteiger charge is -2.14. The van der Waals surface area contributed by atoms with Crippen LogP contribution in [0.3, 0.4) is 0 Å². The van der Waals surface area contributed by atoms with Crippen molar-refractivity contribution in [2.45, 2.75) is 78.6 Å². The molecule has 0 N–H and O–H groups in total. The molecule has 1 fully saturated rings. The molecular weight excluding hydrogens is 394 g/mol. The van der Waals surface area contributed by atoms with Crippen LogP contribution in [0.15, 0.2) is 58.4 Å². The Hall–Kier alpha value is -2.22. The lowest BCUT2D eigenvalue weighted by atomic mass is 9.89. The van der Waals surface area contributed by atoms with Gasteiger partial charge in [0.25, 0.3) is 0 Å². The Kier molecular flexibility index (Phi) is 9.26. The molecule has 0 bridgehead atoms. The highest BCUT2D eigenvalue weighted by Crippen LogP contribution is 2.29. The highest BCUT2D eigenvalue weighted by Gasteiger charge is 2.22. The number of hydrogen-bond acceptors (Lipinski definition) is 3. The third-order valence-electron chi connectivity index (χ3n) is 6.95. The normalized spacial score (nSPS) is 21.9. The van der Waals surface area contributed by atoms with E-state index in [0.29, 0.717) is 12.5 Å². The molecule has 0 aromatic heterocycles. The predicted molar refractivity (Wildman–Crippen MR) is 133 cm³/mol. The van der Waals surface area contributed by atoms with E-state index in [1.165, 1.54) is 22.4 Å². The van der Waals surface area contributed by atoms with Crippen LogP contribution in [0.25, 0.3) is 0 Å². The molecule has 1 aromatic carbocycles. The molecule has 2 aliphatic heterocycles. The fraction of sp³-hybridized carbons (Fsp3) is 0.552. The van der Waals surface area contributed by atoms with E-state index in [1.807, 2.05) is 12.1 Å². The molecule has 2 unspecified atom stereocenters. The van der Waals surface area contributed by atoms with Gasteiger partial charge in [0.15, 0.2) is 5.78 Å². The molecule has 3 nitrogen and oxygen atoms in total. The first kappa shape index (κ1) is 24.4. The summed E-state index contributed by atoms with van der Waals surface area (Å²) in [5.41, 5.74) is 10.3. The van der Waals surface area contributed by atoms with Crippen molar-refractivity contribution in [3.05, 3.63) is 64.5 Å². The summed E-state index contributed by atoms with van der Waals surface area (Å²) >= 11 is 0. The number of hydrogen-bond donors (Lipinski definition) is 0. The largest absolute Gasteiger partial charge is 0.381 e. The summed E-state index contributed by atoms with van der Waals surface area (Å²) in [7, 11) is 0. The molecule has 32 heavy (non-hydrogen) atoms. The van der Waals surface area contributed by atoms with E-state index in [9.17, 15) is 4.79 Å². The Bertz CT molecular complexity index is 892. The zero-order chi connectivity index (χ0) is 22.9. The Morgan fingerprint density at radius 3 is 2.69 bits per heavy atom. The van der Waals surface area contributed by atoms with Crippen LogP contribution >= 0.6 is 0 Å². The summed E-state index contributed by atoms with van der Waals surface area (Å²) in [6, 6.07) is 8.23. The minimum atomic E-state index is 0.100. The first-order chi connectivity index (χ1) is 15.5. The van der Waals surface area contributed by atoms with Gasteiger partial charge in [0.05, 0.1) is 0 Å². The molecule has 3 heteroatoms. The van der Waals surface area contributed by atoms with Crippen LogP contribution in [0.1, 0.15) is 88.1 Å². The van der Waals surface area contributed by atoms with Crippen LogP contribution in [0.4, 0.5) is 0 Å². The molecule has 1 aromatic rings. The first-order valence-corrected chi connectivity index (χ1v) is 12.4. The van der Waals surface area contributed by atoms with Gasteiger partial charge in [-0.05, 0) is 74.5 Å². The zero-order valence-electron chi connectivity index (χ0n) is 20.2. The van der Waals surface area contributed by atoms with Crippen molar-refractivity contribution in [3.63, 3.8) is 0 Å². The number of allylic oxidation sites excluding steroid dienone is 3. The van der Waals surface area contributed by atoms with Crippen molar-refractivity contribution in [1.29, 1.82) is 0 Å². The van der Waals surface area contributed by atoms with E-state index in [1.54, 1.807) is 0 Å². The molecule has 2 heterocycles. The summed E-state index contributed by atoms with van der Waals surface area (Å²) < 4.78 is 5.51. The highest BCUT2D eigenvalue weighted by molar-refractivity contribution is 5.98. The molecule has 2 atom stereocenters. The Morgan fingerprint density at radius 1 is 1.19 bits per heavy atom. The number of benzene rings is 1. The second kappa shape index (κ2) is 12.1. The number of Topliss-reactive ketones (excluding diaryl/α,β-unsaturated/α-hetero) is 1. The van der Waals surface area contributed by atoms with E-state index in [-0.39, 0.29) is 11.7 Å². The second-order valence-electron chi connectivity index (χ2n) is 9.42. The molecule has 2 aliphatic rings. The van der Waals surface area contributed by atoms with Crippen LogP contribution in [0.2, 0.25) is 0 Å². The summed E-state index contributed by atoms with van der Waals surface area (Å²) in [6.45, 7) is 12.0. The number of ether oxygens (including phenoxy) is 1. The van der Waals surface area contributed by atoms with Crippen LogP contribution in [-0.2, 0) is 11.2 Å². The monoisotopic (exact) mass is 433 g/mol. The van der Waals surface area contributed by atoms with Gasteiger partial charge in [-0.3, -0.25) is 9.79 Å². The predicted octanol–water partition coefficient (Wildman–Crippen LogP) is 7.27. The van der Waals surface area contributed by atoms with Gasteiger partial charge >= 0.3 is 0 Å². The van der Waals surface area contributed by atoms with Crippen molar-refractivity contribution >= 4 is 11.5 Å². The maximum atomic E-state index is 12.9.